The van der Waals surface area contributed by atoms with Gasteiger partial charge in [0.15, 0.2) is 5.78 Å². The molecule has 1 aromatic carbocycles. The average molecular weight is 233 g/mol. The van der Waals surface area contributed by atoms with Gasteiger partial charge in [-0.2, -0.15) is 0 Å². The van der Waals surface area contributed by atoms with Gasteiger partial charge in [-0.3, -0.25) is 4.79 Å². The normalized spacial score (nSPS) is 10.8. The molecule has 2 nitrogen and oxygen atoms in total. The molecule has 1 N–H and O–H groups in total. The van der Waals surface area contributed by atoms with Crippen LogP contribution in [-0.2, 0) is 11.2 Å². The van der Waals surface area contributed by atoms with E-state index in [2.05, 4.69) is 22.8 Å². The smallest absolute Gasteiger partial charge is 0.151 e. The van der Waals surface area contributed by atoms with Gasteiger partial charge in [-0.15, -0.1) is 11.3 Å². The van der Waals surface area contributed by atoms with Crippen LogP contribution in [0.4, 0.5) is 0 Å². The van der Waals surface area contributed by atoms with Crippen molar-refractivity contribution in [3.8, 4) is 0 Å². The van der Waals surface area contributed by atoms with Gasteiger partial charge in [0.25, 0.3) is 0 Å². The van der Waals surface area contributed by atoms with Crippen molar-refractivity contribution in [2.75, 3.05) is 13.1 Å². The molecule has 0 radical (unpaired) electrons. The zero-order chi connectivity index (χ0) is 11.4. The van der Waals surface area contributed by atoms with Crippen LogP contribution in [0.5, 0.6) is 0 Å². The summed E-state index contributed by atoms with van der Waals surface area (Å²) in [5.74, 6) is 0.255. The number of carbonyl (C=O) groups is 1. The molecule has 0 saturated carbocycles. The summed E-state index contributed by atoms with van der Waals surface area (Å²) >= 11 is 1.71. The lowest BCUT2D eigenvalue weighted by molar-refractivity contribution is -0.117. The van der Waals surface area contributed by atoms with Crippen LogP contribution in [0.1, 0.15) is 12.5 Å². The molecule has 0 aliphatic rings. The van der Waals surface area contributed by atoms with Gasteiger partial charge in [0, 0.05) is 11.1 Å². The molecule has 1 aromatic heterocycles. The summed E-state index contributed by atoms with van der Waals surface area (Å²) in [5, 5.41) is 6.37. The van der Waals surface area contributed by atoms with E-state index >= 15 is 0 Å². The summed E-state index contributed by atoms with van der Waals surface area (Å²) < 4.78 is 1.26. The van der Waals surface area contributed by atoms with Gasteiger partial charge in [0.05, 0.1) is 6.54 Å². The van der Waals surface area contributed by atoms with Crippen molar-refractivity contribution in [2.24, 2.45) is 0 Å². The molecule has 84 valence electrons. The Morgan fingerprint density at radius 2 is 2.19 bits per heavy atom. The van der Waals surface area contributed by atoms with Crippen molar-refractivity contribution < 1.29 is 4.79 Å². The van der Waals surface area contributed by atoms with Crippen molar-refractivity contribution in [3.63, 3.8) is 0 Å². The lowest BCUT2D eigenvalue weighted by Crippen LogP contribution is -2.23. The number of thiophene rings is 1. The van der Waals surface area contributed by atoms with Crippen molar-refractivity contribution in [2.45, 2.75) is 13.3 Å². The fourth-order valence-electron chi connectivity index (χ4n) is 1.71. The van der Waals surface area contributed by atoms with E-state index in [0.717, 1.165) is 12.1 Å². The highest BCUT2D eigenvalue weighted by Gasteiger charge is 2.07. The van der Waals surface area contributed by atoms with Gasteiger partial charge in [-0.1, -0.05) is 25.1 Å². The van der Waals surface area contributed by atoms with E-state index < -0.39 is 0 Å². The van der Waals surface area contributed by atoms with E-state index in [4.69, 9.17) is 0 Å². The highest BCUT2D eigenvalue weighted by Crippen LogP contribution is 2.25. The Labute approximate surface area is 99.3 Å². The first-order valence-corrected chi connectivity index (χ1v) is 6.36. The zero-order valence-electron chi connectivity index (χ0n) is 9.32. The number of Topliss-reactive ketones (excluding diaryl/α,β-unsaturated/α-hetero) is 1. The maximum absolute atomic E-state index is 11.7. The van der Waals surface area contributed by atoms with E-state index in [1.165, 1.54) is 10.1 Å². The number of hydrogen-bond donors (Lipinski definition) is 1. The van der Waals surface area contributed by atoms with Crippen LogP contribution >= 0.6 is 11.3 Å². The second kappa shape index (κ2) is 5.23. The first kappa shape index (κ1) is 11.3. The zero-order valence-corrected chi connectivity index (χ0v) is 10.1. The molecular formula is C13H15NOS. The summed E-state index contributed by atoms with van der Waals surface area (Å²) in [5.41, 5.74) is 1.16. The standard InChI is InChI=1S/C13H15NOS/c1-2-14-8-11(15)7-10-9-16-13-6-4-3-5-12(10)13/h3-6,9,14H,2,7-8H2,1H3. The predicted molar refractivity (Wildman–Crippen MR) is 69.1 cm³/mol. The second-order valence-electron chi connectivity index (χ2n) is 3.75. The first-order chi connectivity index (χ1) is 7.81. The van der Waals surface area contributed by atoms with Crippen LogP contribution < -0.4 is 5.32 Å². The molecule has 0 atom stereocenters. The maximum Gasteiger partial charge on any atom is 0.151 e. The molecule has 3 heteroatoms. The molecule has 0 unspecified atom stereocenters. The highest BCUT2D eigenvalue weighted by molar-refractivity contribution is 7.17. The number of benzene rings is 1. The average Bonchev–Trinajstić information content (AvgIpc) is 2.70. The quantitative estimate of drug-likeness (QED) is 0.860. The molecule has 0 aliphatic carbocycles. The lowest BCUT2D eigenvalue weighted by Gasteiger charge is -2.00. The molecule has 0 saturated heterocycles. The van der Waals surface area contributed by atoms with Crippen molar-refractivity contribution >= 4 is 27.2 Å². The van der Waals surface area contributed by atoms with Crippen LogP contribution in [0.3, 0.4) is 0 Å². The largest absolute Gasteiger partial charge is 0.310 e. The fraction of sp³-hybridized carbons (Fsp3) is 0.308. The molecule has 2 aromatic rings. The topological polar surface area (TPSA) is 29.1 Å². The van der Waals surface area contributed by atoms with E-state index in [1.807, 2.05) is 19.1 Å². The molecule has 0 amide bonds. The number of hydrogen-bond acceptors (Lipinski definition) is 3. The maximum atomic E-state index is 11.7. The lowest BCUT2D eigenvalue weighted by atomic mass is 10.1. The van der Waals surface area contributed by atoms with Crippen molar-refractivity contribution in [3.05, 3.63) is 35.2 Å². The number of nitrogens with one attached hydrogen (secondary N) is 1. The molecule has 0 spiro atoms. The summed E-state index contributed by atoms with van der Waals surface area (Å²) in [6.45, 7) is 3.32. The summed E-state index contributed by atoms with van der Waals surface area (Å²) in [7, 11) is 0. The molecular weight excluding hydrogens is 218 g/mol. The number of carbonyl (C=O) groups excluding carboxylic acids is 1. The Morgan fingerprint density at radius 3 is 3.00 bits per heavy atom. The molecule has 0 bridgehead atoms. The third-order valence-electron chi connectivity index (χ3n) is 2.52. The minimum atomic E-state index is 0.255. The van der Waals surface area contributed by atoms with E-state index in [-0.39, 0.29) is 5.78 Å². The Balaban J connectivity index is 2.12. The molecule has 0 fully saturated rings. The van der Waals surface area contributed by atoms with Gasteiger partial charge < -0.3 is 5.32 Å². The predicted octanol–water partition coefficient (Wildman–Crippen LogP) is 2.62. The van der Waals surface area contributed by atoms with Gasteiger partial charge in [-0.25, -0.2) is 0 Å². The van der Waals surface area contributed by atoms with Gasteiger partial charge in [0.2, 0.25) is 0 Å². The molecule has 2 rings (SSSR count). The van der Waals surface area contributed by atoms with Gasteiger partial charge >= 0.3 is 0 Å². The van der Waals surface area contributed by atoms with Crippen molar-refractivity contribution in [1.29, 1.82) is 0 Å². The van der Waals surface area contributed by atoms with Gasteiger partial charge in [-0.05, 0) is 28.9 Å². The number of likely N-dealkylation sites (N-methyl/N-ethyl adjacent to an activating group) is 1. The highest BCUT2D eigenvalue weighted by atomic mass is 32.1. The Hall–Kier alpha value is -1.19. The van der Waals surface area contributed by atoms with Crippen LogP contribution in [0.15, 0.2) is 29.6 Å². The van der Waals surface area contributed by atoms with Crippen LogP contribution in [0.25, 0.3) is 10.1 Å². The third-order valence-corrected chi connectivity index (χ3v) is 3.53. The third kappa shape index (κ3) is 2.49. The minimum absolute atomic E-state index is 0.255. The number of rotatable bonds is 5. The molecule has 16 heavy (non-hydrogen) atoms. The summed E-state index contributed by atoms with van der Waals surface area (Å²) in [6.07, 6.45) is 0.539. The van der Waals surface area contributed by atoms with E-state index in [9.17, 15) is 4.79 Å². The second-order valence-corrected chi connectivity index (χ2v) is 4.66. The monoisotopic (exact) mass is 233 g/mol. The Morgan fingerprint density at radius 1 is 1.38 bits per heavy atom. The minimum Gasteiger partial charge on any atom is -0.310 e. The van der Waals surface area contributed by atoms with Crippen LogP contribution in [-0.4, -0.2) is 18.9 Å². The number of fused-ring (bicyclic) bond motifs is 1. The Kier molecular flexibility index (Phi) is 3.70. The van der Waals surface area contributed by atoms with Crippen LogP contribution in [0, 0.1) is 0 Å². The SMILES string of the molecule is CCNCC(=O)Cc1csc2ccccc12. The Bertz CT molecular complexity index is 489. The fourth-order valence-corrected chi connectivity index (χ4v) is 2.67. The summed E-state index contributed by atoms with van der Waals surface area (Å²) in [6, 6.07) is 8.23. The summed E-state index contributed by atoms with van der Waals surface area (Å²) in [4.78, 5) is 11.7. The molecule has 0 aliphatic heterocycles. The van der Waals surface area contributed by atoms with Crippen LogP contribution in [0.2, 0.25) is 0 Å². The van der Waals surface area contributed by atoms with Crippen molar-refractivity contribution in [1.82, 2.24) is 5.32 Å². The first-order valence-electron chi connectivity index (χ1n) is 5.48. The van der Waals surface area contributed by atoms with Gasteiger partial charge in [0.1, 0.15) is 0 Å². The number of ketones is 1. The van der Waals surface area contributed by atoms with E-state index in [1.54, 1.807) is 11.3 Å². The van der Waals surface area contributed by atoms with E-state index in [0.29, 0.717) is 13.0 Å². The molecule has 1 heterocycles.